The van der Waals surface area contributed by atoms with Gasteiger partial charge in [0.2, 0.25) is 9.84 Å². The topological polar surface area (TPSA) is 82.6 Å². The maximum atomic E-state index is 14.2. The Balaban J connectivity index is 2.04. The van der Waals surface area contributed by atoms with E-state index in [2.05, 4.69) is 9.72 Å². The van der Waals surface area contributed by atoms with Crippen LogP contribution in [0.4, 0.5) is 13.6 Å². The molecule has 3 aromatic rings. The fraction of sp³-hybridized carbons (Fsp3) is 0.143. The molecule has 10 heteroatoms. The van der Waals surface area contributed by atoms with Crippen molar-refractivity contribution < 1.29 is 31.5 Å². The molecule has 1 aromatic heterocycles. The van der Waals surface area contributed by atoms with Crippen LogP contribution in [-0.2, 0) is 32.3 Å². The van der Waals surface area contributed by atoms with E-state index in [1.807, 2.05) is 0 Å². The van der Waals surface area contributed by atoms with Gasteiger partial charge in [-0.25, -0.2) is 27.0 Å². The second-order valence-corrected chi connectivity index (χ2v) is 8.70. The molecule has 0 unspecified atom stereocenters. The summed E-state index contributed by atoms with van der Waals surface area (Å²) in [6.45, 7) is -0.298. The zero-order chi connectivity index (χ0) is 22.6. The lowest BCUT2D eigenvalue weighted by Gasteiger charge is -2.12. The van der Waals surface area contributed by atoms with E-state index in [4.69, 9.17) is 16.3 Å². The molecule has 0 saturated carbocycles. The first kappa shape index (κ1) is 22.6. The third-order valence-electron chi connectivity index (χ3n) is 4.32. The van der Waals surface area contributed by atoms with Gasteiger partial charge in [-0.15, -0.1) is 0 Å². The first-order valence-electron chi connectivity index (χ1n) is 8.85. The number of halogens is 3. The Bertz CT molecular complexity index is 1220. The lowest BCUT2D eigenvalue weighted by molar-refractivity contribution is 0.0666. The molecule has 0 radical (unpaired) electrons. The highest BCUT2D eigenvalue weighted by atomic mass is 35.5. The summed E-state index contributed by atoms with van der Waals surface area (Å²) >= 11 is 5.82. The quantitative estimate of drug-likeness (QED) is 0.488. The summed E-state index contributed by atoms with van der Waals surface area (Å²) in [4.78, 5) is 15.4. The van der Waals surface area contributed by atoms with Crippen LogP contribution in [0, 0.1) is 11.6 Å². The van der Waals surface area contributed by atoms with Crippen molar-refractivity contribution in [2.24, 2.45) is 0 Å². The molecule has 31 heavy (non-hydrogen) atoms. The Hall–Kier alpha value is -3.04. The minimum atomic E-state index is -4.01. The maximum absolute atomic E-state index is 14.2. The predicted molar refractivity (Wildman–Crippen MR) is 107 cm³/mol. The fourth-order valence-electron chi connectivity index (χ4n) is 2.73. The Labute approximate surface area is 182 Å². The molecule has 3 rings (SSSR count). The van der Waals surface area contributed by atoms with Crippen LogP contribution in [0.5, 0.6) is 0 Å². The van der Waals surface area contributed by atoms with Crippen LogP contribution >= 0.6 is 11.6 Å². The number of pyridine rings is 1. The Morgan fingerprint density at radius 1 is 1.03 bits per heavy atom. The molecule has 0 N–H and O–H groups in total. The molecule has 0 amide bonds. The second-order valence-electron chi connectivity index (χ2n) is 6.37. The van der Waals surface area contributed by atoms with Crippen LogP contribution in [0.15, 0.2) is 64.5 Å². The van der Waals surface area contributed by atoms with Crippen LogP contribution in [-0.4, -0.2) is 26.7 Å². The van der Waals surface area contributed by atoms with Gasteiger partial charge in [0.05, 0.1) is 17.7 Å². The third-order valence-corrected chi connectivity index (χ3v) is 6.24. The van der Waals surface area contributed by atoms with Gasteiger partial charge >= 0.3 is 6.16 Å². The summed E-state index contributed by atoms with van der Waals surface area (Å²) in [5.41, 5.74) is 0.375. The SMILES string of the molecule is COC(=O)OCc1ccc(S(=O)(=O)c2ccc(Cl)cc2)nc1Cc1cc(F)ccc1F. The standard InChI is InChI=1S/C21H16ClF2NO5S/c1-29-21(26)30-12-13-2-9-20(31(27,28)17-6-3-15(22)4-7-17)25-19(13)11-14-10-16(23)5-8-18(14)24/h2-10H,11-12H2,1H3. The molecule has 1 heterocycles. The van der Waals surface area contributed by atoms with E-state index in [0.717, 1.165) is 25.3 Å². The molecule has 0 saturated heterocycles. The van der Waals surface area contributed by atoms with E-state index in [1.165, 1.54) is 36.4 Å². The van der Waals surface area contributed by atoms with Crippen LogP contribution in [0.2, 0.25) is 5.02 Å². The van der Waals surface area contributed by atoms with Crippen molar-refractivity contribution >= 4 is 27.6 Å². The van der Waals surface area contributed by atoms with Crippen molar-refractivity contribution in [3.05, 3.63) is 88.1 Å². The molecule has 6 nitrogen and oxygen atoms in total. The van der Waals surface area contributed by atoms with Crippen LogP contribution < -0.4 is 0 Å². The van der Waals surface area contributed by atoms with E-state index < -0.39 is 27.6 Å². The van der Waals surface area contributed by atoms with Gasteiger partial charge in [0.25, 0.3) is 0 Å². The van der Waals surface area contributed by atoms with E-state index >= 15 is 0 Å². The molecular weight excluding hydrogens is 452 g/mol. The number of carbonyl (C=O) groups is 1. The van der Waals surface area contributed by atoms with Crippen molar-refractivity contribution in [3.63, 3.8) is 0 Å². The Morgan fingerprint density at radius 2 is 1.74 bits per heavy atom. The van der Waals surface area contributed by atoms with Gasteiger partial charge < -0.3 is 9.47 Å². The van der Waals surface area contributed by atoms with Gasteiger partial charge in [-0.2, -0.15) is 0 Å². The largest absolute Gasteiger partial charge is 0.508 e. The third kappa shape index (κ3) is 5.36. The smallest absolute Gasteiger partial charge is 0.438 e. The Kier molecular flexibility index (Phi) is 6.87. The zero-order valence-electron chi connectivity index (χ0n) is 16.1. The van der Waals surface area contributed by atoms with Gasteiger partial charge in [-0.3, -0.25) is 0 Å². The number of ether oxygens (including phenoxy) is 2. The number of hydrogen-bond acceptors (Lipinski definition) is 6. The number of carbonyl (C=O) groups excluding carboxylic acids is 1. The van der Waals surface area contributed by atoms with Crippen molar-refractivity contribution in [2.45, 2.75) is 22.9 Å². The van der Waals surface area contributed by atoms with Gasteiger partial charge in [-0.05, 0) is 54.1 Å². The monoisotopic (exact) mass is 467 g/mol. The molecule has 0 bridgehead atoms. The minimum Gasteiger partial charge on any atom is -0.438 e. The average molecular weight is 468 g/mol. The summed E-state index contributed by atoms with van der Waals surface area (Å²) in [6, 6.07) is 11.1. The summed E-state index contributed by atoms with van der Waals surface area (Å²) in [7, 11) is -2.88. The summed E-state index contributed by atoms with van der Waals surface area (Å²) < 4.78 is 63.0. The number of nitrogens with zero attached hydrogens (tertiary/aromatic N) is 1. The molecule has 0 aliphatic heterocycles. The predicted octanol–water partition coefficient (Wildman–Crippen LogP) is 4.72. The molecule has 2 aromatic carbocycles. The normalized spacial score (nSPS) is 11.2. The van der Waals surface area contributed by atoms with Crippen molar-refractivity contribution in [1.82, 2.24) is 4.98 Å². The molecule has 0 fully saturated rings. The van der Waals surface area contributed by atoms with Gasteiger partial charge in [-0.1, -0.05) is 17.7 Å². The van der Waals surface area contributed by atoms with Crippen molar-refractivity contribution in [1.29, 1.82) is 0 Å². The van der Waals surface area contributed by atoms with E-state index in [-0.39, 0.29) is 34.2 Å². The molecular formula is C21H16ClF2NO5S. The first-order chi connectivity index (χ1) is 14.7. The van der Waals surface area contributed by atoms with E-state index in [1.54, 1.807) is 0 Å². The minimum absolute atomic E-state index is 0.0344. The second kappa shape index (κ2) is 9.40. The number of hydrogen-bond donors (Lipinski definition) is 0. The van der Waals surface area contributed by atoms with Gasteiger partial charge in [0, 0.05) is 17.0 Å². The van der Waals surface area contributed by atoms with Crippen LogP contribution in [0.25, 0.3) is 0 Å². The zero-order valence-corrected chi connectivity index (χ0v) is 17.7. The molecule has 0 atom stereocenters. The van der Waals surface area contributed by atoms with Gasteiger partial charge in [0.1, 0.15) is 18.2 Å². The number of methoxy groups -OCH3 is 1. The summed E-state index contributed by atoms with van der Waals surface area (Å²) in [5.74, 6) is -1.34. The highest BCUT2D eigenvalue weighted by Gasteiger charge is 2.22. The van der Waals surface area contributed by atoms with Crippen molar-refractivity contribution in [2.75, 3.05) is 7.11 Å². The Morgan fingerprint density at radius 3 is 2.42 bits per heavy atom. The molecule has 0 aliphatic carbocycles. The lowest BCUT2D eigenvalue weighted by atomic mass is 10.0. The number of aromatic nitrogens is 1. The fourth-order valence-corrected chi connectivity index (χ4v) is 4.07. The van der Waals surface area contributed by atoms with Crippen LogP contribution in [0.3, 0.4) is 0 Å². The number of rotatable bonds is 6. The lowest BCUT2D eigenvalue weighted by Crippen LogP contribution is -2.11. The highest BCUT2D eigenvalue weighted by Crippen LogP contribution is 2.24. The number of sulfone groups is 1. The number of benzene rings is 2. The average Bonchev–Trinajstić information content (AvgIpc) is 2.75. The molecule has 162 valence electrons. The van der Waals surface area contributed by atoms with E-state index in [0.29, 0.717) is 10.6 Å². The molecule has 0 aliphatic rings. The first-order valence-corrected chi connectivity index (χ1v) is 10.7. The summed E-state index contributed by atoms with van der Waals surface area (Å²) in [6.07, 6.45) is -1.19. The van der Waals surface area contributed by atoms with E-state index in [9.17, 15) is 22.0 Å². The van der Waals surface area contributed by atoms with Gasteiger partial charge in [0.15, 0.2) is 5.03 Å². The summed E-state index contributed by atoms with van der Waals surface area (Å²) in [5, 5.41) is 0.0629. The highest BCUT2D eigenvalue weighted by molar-refractivity contribution is 7.91. The maximum Gasteiger partial charge on any atom is 0.508 e. The van der Waals surface area contributed by atoms with Crippen LogP contribution in [0.1, 0.15) is 16.8 Å². The van der Waals surface area contributed by atoms with Crippen molar-refractivity contribution in [3.8, 4) is 0 Å². The molecule has 0 spiro atoms.